The average molecular weight is 309 g/mol. The first-order valence-electron chi connectivity index (χ1n) is 8.37. The lowest BCUT2D eigenvalue weighted by molar-refractivity contribution is 0.0131. The van der Waals surface area contributed by atoms with Crippen LogP contribution in [0.2, 0.25) is 0 Å². The summed E-state index contributed by atoms with van der Waals surface area (Å²) in [6.07, 6.45) is 2.85. The first kappa shape index (κ1) is 19.1. The summed E-state index contributed by atoms with van der Waals surface area (Å²) in [4.78, 5) is 14.3. The Hall–Kier alpha value is -0.990. The van der Waals surface area contributed by atoms with Crippen LogP contribution in [0.5, 0.6) is 0 Å². The number of likely N-dealkylation sites (tertiary alicyclic amines) is 1. The number of rotatable bonds is 3. The topological polar surface area (TPSA) is 29.5 Å². The molecule has 1 amide bonds. The number of amides is 1. The van der Waals surface area contributed by atoms with Gasteiger partial charge in [0, 0.05) is 12.1 Å². The van der Waals surface area contributed by atoms with Crippen molar-refractivity contribution in [1.82, 2.24) is 4.90 Å². The maximum absolute atomic E-state index is 12.4. The van der Waals surface area contributed by atoms with Crippen LogP contribution in [0.4, 0.5) is 4.79 Å². The van der Waals surface area contributed by atoms with Crippen molar-refractivity contribution >= 4 is 6.09 Å². The number of carbonyl (C=O) groups is 1. The number of nitrogens with zero attached hydrogens (tertiary/aromatic N) is 1. The molecule has 1 fully saturated rings. The van der Waals surface area contributed by atoms with E-state index >= 15 is 0 Å². The lowest BCUT2D eigenvalue weighted by Gasteiger charge is -2.33. The van der Waals surface area contributed by atoms with E-state index in [0.29, 0.717) is 5.92 Å². The van der Waals surface area contributed by atoms with E-state index in [1.807, 2.05) is 25.7 Å². The molecule has 0 aliphatic carbocycles. The van der Waals surface area contributed by atoms with E-state index in [4.69, 9.17) is 4.74 Å². The lowest BCUT2D eigenvalue weighted by atomic mass is 9.84. The Kier molecular flexibility index (Phi) is 5.42. The van der Waals surface area contributed by atoms with Crippen molar-refractivity contribution in [3.8, 4) is 0 Å². The third-order valence-corrected chi connectivity index (χ3v) is 3.93. The summed E-state index contributed by atoms with van der Waals surface area (Å²) in [5.41, 5.74) is 0.978. The Bertz CT molecular complexity index is 424. The molecule has 0 aromatic carbocycles. The van der Waals surface area contributed by atoms with Crippen molar-refractivity contribution in [3.05, 3.63) is 12.2 Å². The summed E-state index contributed by atoms with van der Waals surface area (Å²) >= 11 is 0. The molecule has 1 rings (SSSR count). The molecule has 1 atom stereocenters. The molecule has 3 nitrogen and oxygen atoms in total. The van der Waals surface area contributed by atoms with Crippen LogP contribution in [-0.4, -0.2) is 28.7 Å². The molecule has 0 bridgehead atoms. The van der Waals surface area contributed by atoms with Gasteiger partial charge in [-0.2, -0.15) is 0 Å². The maximum Gasteiger partial charge on any atom is 0.410 e. The highest BCUT2D eigenvalue weighted by Gasteiger charge is 2.42. The van der Waals surface area contributed by atoms with Crippen LogP contribution < -0.4 is 0 Å². The molecule has 1 unspecified atom stereocenters. The van der Waals surface area contributed by atoms with Crippen LogP contribution >= 0.6 is 0 Å². The highest BCUT2D eigenvalue weighted by atomic mass is 16.6. The van der Waals surface area contributed by atoms with E-state index in [2.05, 4.69) is 41.2 Å². The molecular formula is C19H35NO2. The minimum absolute atomic E-state index is 0.144. The van der Waals surface area contributed by atoms with Gasteiger partial charge in [-0.3, -0.25) is 0 Å². The summed E-state index contributed by atoms with van der Waals surface area (Å²) in [5, 5.41) is 0. The van der Waals surface area contributed by atoms with Gasteiger partial charge < -0.3 is 9.64 Å². The summed E-state index contributed by atoms with van der Waals surface area (Å²) in [5.74, 6) is 0.484. The Morgan fingerprint density at radius 3 is 2.23 bits per heavy atom. The molecule has 1 aliphatic heterocycles. The smallest absolute Gasteiger partial charge is 0.410 e. The molecule has 0 saturated carbocycles. The molecule has 1 aliphatic rings. The van der Waals surface area contributed by atoms with E-state index in [0.717, 1.165) is 25.8 Å². The van der Waals surface area contributed by atoms with E-state index in [1.165, 1.54) is 5.57 Å². The molecule has 0 aromatic rings. The second kappa shape index (κ2) is 6.25. The fourth-order valence-electron chi connectivity index (χ4n) is 3.39. The lowest BCUT2D eigenvalue weighted by Crippen LogP contribution is -2.45. The van der Waals surface area contributed by atoms with Gasteiger partial charge in [-0.05, 0) is 65.2 Å². The van der Waals surface area contributed by atoms with Crippen molar-refractivity contribution in [2.24, 2.45) is 11.3 Å². The van der Waals surface area contributed by atoms with Gasteiger partial charge in [0.05, 0.1) is 0 Å². The van der Waals surface area contributed by atoms with Crippen LogP contribution in [0.3, 0.4) is 0 Å². The number of allylic oxidation sites excluding steroid dienone is 1. The molecule has 0 spiro atoms. The van der Waals surface area contributed by atoms with Crippen molar-refractivity contribution in [2.75, 3.05) is 6.54 Å². The fraction of sp³-hybridized carbons (Fsp3) is 0.842. The molecule has 0 aromatic heterocycles. The highest BCUT2D eigenvalue weighted by molar-refractivity contribution is 5.69. The zero-order valence-electron chi connectivity index (χ0n) is 15.9. The monoisotopic (exact) mass is 309 g/mol. The molecule has 1 heterocycles. The molecule has 0 radical (unpaired) electrons. The summed E-state index contributed by atoms with van der Waals surface area (Å²) in [6, 6.07) is 0. The Morgan fingerprint density at radius 2 is 1.77 bits per heavy atom. The van der Waals surface area contributed by atoms with Gasteiger partial charge >= 0.3 is 6.09 Å². The van der Waals surface area contributed by atoms with E-state index < -0.39 is 5.60 Å². The predicted molar refractivity (Wildman–Crippen MR) is 93.0 cm³/mol. The van der Waals surface area contributed by atoms with Crippen molar-refractivity contribution in [2.45, 2.75) is 85.8 Å². The van der Waals surface area contributed by atoms with Crippen LogP contribution in [0.15, 0.2) is 12.2 Å². The van der Waals surface area contributed by atoms with Crippen LogP contribution in [0.25, 0.3) is 0 Å². The Balaban J connectivity index is 2.66. The Labute approximate surface area is 137 Å². The first-order chi connectivity index (χ1) is 9.70. The summed E-state index contributed by atoms with van der Waals surface area (Å²) in [7, 11) is 0. The normalized spacial score (nSPS) is 21.8. The van der Waals surface area contributed by atoms with Crippen LogP contribution in [0, 0.1) is 11.3 Å². The van der Waals surface area contributed by atoms with Crippen molar-refractivity contribution in [3.63, 3.8) is 0 Å². The van der Waals surface area contributed by atoms with Gasteiger partial charge in [0.15, 0.2) is 0 Å². The molecule has 1 saturated heterocycles. The number of hydrogen-bond acceptors (Lipinski definition) is 2. The molecule has 22 heavy (non-hydrogen) atoms. The van der Waals surface area contributed by atoms with Crippen LogP contribution in [-0.2, 0) is 4.74 Å². The molecular weight excluding hydrogens is 274 g/mol. The number of carbonyl (C=O) groups excluding carboxylic acids is 1. The highest BCUT2D eigenvalue weighted by Crippen LogP contribution is 2.38. The largest absolute Gasteiger partial charge is 0.444 e. The van der Waals surface area contributed by atoms with Crippen molar-refractivity contribution in [1.29, 1.82) is 0 Å². The predicted octanol–water partition coefficient (Wildman–Crippen LogP) is 5.40. The van der Waals surface area contributed by atoms with Gasteiger partial charge in [0.25, 0.3) is 0 Å². The minimum Gasteiger partial charge on any atom is -0.444 e. The number of hydrogen-bond donors (Lipinski definition) is 0. The van der Waals surface area contributed by atoms with E-state index in [-0.39, 0.29) is 17.0 Å². The number of ether oxygens (including phenoxy) is 1. The standard InChI is InChI=1S/C19H35NO2/c1-14(11-17(2,3)4)10-15-12-19(8,9)20(13-15)16(21)22-18(5,6)7/h15H,1,10-13H2,2-9H3. The molecule has 0 N–H and O–H groups in total. The van der Waals surface area contributed by atoms with Crippen LogP contribution in [0.1, 0.15) is 74.7 Å². The maximum atomic E-state index is 12.4. The molecule has 3 heteroatoms. The second-order valence-corrected chi connectivity index (χ2v) is 9.67. The minimum atomic E-state index is -0.443. The summed E-state index contributed by atoms with van der Waals surface area (Å²) < 4.78 is 5.56. The van der Waals surface area contributed by atoms with Gasteiger partial charge in [-0.15, -0.1) is 0 Å². The summed E-state index contributed by atoms with van der Waals surface area (Å²) in [6.45, 7) is 21.7. The average Bonchev–Trinajstić information content (AvgIpc) is 2.47. The van der Waals surface area contributed by atoms with E-state index in [9.17, 15) is 4.79 Å². The zero-order chi connectivity index (χ0) is 17.3. The van der Waals surface area contributed by atoms with Gasteiger partial charge in [-0.25, -0.2) is 4.79 Å². The zero-order valence-corrected chi connectivity index (χ0v) is 15.9. The third-order valence-electron chi connectivity index (χ3n) is 3.93. The SMILES string of the molecule is C=C(CC1CN(C(=O)OC(C)(C)C)C(C)(C)C1)CC(C)(C)C. The quantitative estimate of drug-likeness (QED) is 0.653. The third kappa shape index (κ3) is 6.02. The molecule has 128 valence electrons. The van der Waals surface area contributed by atoms with Gasteiger partial charge in [0.1, 0.15) is 5.60 Å². The Morgan fingerprint density at radius 1 is 1.23 bits per heavy atom. The second-order valence-electron chi connectivity index (χ2n) is 9.67. The van der Waals surface area contributed by atoms with Crippen molar-refractivity contribution < 1.29 is 9.53 Å². The van der Waals surface area contributed by atoms with E-state index in [1.54, 1.807) is 0 Å². The fourth-order valence-corrected chi connectivity index (χ4v) is 3.39. The van der Waals surface area contributed by atoms with Gasteiger partial charge in [0.2, 0.25) is 0 Å². The van der Waals surface area contributed by atoms with Gasteiger partial charge in [-0.1, -0.05) is 32.9 Å². The first-order valence-corrected chi connectivity index (χ1v) is 8.37.